The van der Waals surface area contributed by atoms with E-state index in [4.69, 9.17) is 5.11 Å². The molecule has 96 valence electrons. The van der Waals surface area contributed by atoms with Gasteiger partial charge in [-0.2, -0.15) is 18.3 Å². The third-order valence-electron chi connectivity index (χ3n) is 2.07. The minimum absolute atomic E-state index is 0.109. The van der Waals surface area contributed by atoms with Gasteiger partial charge in [-0.3, -0.25) is 14.4 Å². The summed E-state index contributed by atoms with van der Waals surface area (Å²) in [4.78, 5) is 11.3. The molecule has 1 aromatic heterocycles. The zero-order chi connectivity index (χ0) is 13.1. The van der Waals surface area contributed by atoms with Gasteiger partial charge in [0.2, 0.25) is 0 Å². The van der Waals surface area contributed by atoms with Crippen LogP contribution in [-0.2, 0) is 18.4 Å². The number of alkyl halides is 3. The molecule has 0 aliphatic heterocycles. The number of carboxylic acid groups (broad SMARTS) is 1. The number of aryl methyl sites for hydroxylation is 1. The number of halogens is 3. The summed E-state index contributed by atoms with van der Waals surface area (Å²) in [5.41, 5.74) is 0.524. The monoisotopic (exact) mass is 251 g/mol. The number of nitrogens with zero attached hydrogens (tertiary/aromatic N) is 3. The fourth-order valence-electron chi connectivity index (χ4n) is 1.40. The van der Waals surface area contributed by atoms with Crippen LogP contribution >= 0.6 is 0 Å². The van der Waals surface area contributed by atoms with Crippen molar-refractivity contribution < 1.29 is 23.1 Å². The van der Waals surface area contributed by atoms with Gasteiger partial charge in [-0.25, -0.2) is 0 Å². The van der Waals surface area contributed by atoms with E-state index in [1.165, 1.54) is 10.9 Å². The molecule has 0 amide bonds. The molecule has 0 aromatic carbocycles. The molecule has 17 heavy (non-hydrogen) atoms. The molecule has 1 rings (SSSR count). The van der Waals surface area contributed by atoms with Crippen LogP contribution in [0.25, 0.3) is 0 Å². The van der Waals surface area contributed by atoms with Crippen LogP contribution in [0.4, 0.5) is 13.2 Å². The van der Waals surface area contributed by atoms with E-state index < -0.39 is 25.2 Å². The molecular formula is C9H12F3N3O2. The summed E-state index contributed by atoms with van der Waals surface area (Å²) in [6.07, 6.45) is -2.98. The highest BCUT2D eigenvalue weighted by Gasteiger charge is 2.31. The first-order chi connectivity index (χ1) is 7.78. The Morgan fingerprint density at radius 1 is 1.59 bits per heavy atom. The number of rotatable bonds is 5. The molecule has 0 radical (unpaired) electrons. The summed E-state index contributed by atoms with van der Waals surface area (Å²) in [7, 11) is 1.59. The molecule has 0 bridgehead atoms. The molecule has 8 heteroatoms. The summed E-state index contributed by atoms with van der Waals surface area (Å²) in [5, 5.41) is 12.4. The molecule has 1 aromatic rings. The Kier molecular flexibility index (Phi) is 4.11. The van der Waals surface area contributed by atoms with Crippen LogP contribution < -0.4 is 0 Å². The standard InChI is InChI=1S/C9H12F3N3O2/c1-14-7(2-3-13-14)4-15(5-8(16)17)6-9(10,11)12/h2-3H,4-6H2,1H3,(H,16,17). The van der Waals surface area contributed by atoms with Crippen molar-refractivity contribution in [2.24, 2.45) is 7.05 Å². The quantitative estimate of drug-likeness (QED) is 0.843. The zero-order valence-electron chi connectivity index (χ0n) is 9.11. The second-order valence-electron chi connectivity index (χ2n) is 3.60. The highest BCUT2D eigenvalue weighted by Crippen LogP contribution is 2.17. The fraction of sp³-hybridized carbons (Fsp3) is 0.556. The lowest BCUT2D eigenvalue weighted by molar-refractivity contribution is -0.155. The van der Waals surface area contributed by atoms with Gasteiger partial charge in [0.05, 0.1) is 18.8 Å². The predicted molar refractivity (Wildman–Crippen MR) is 52.2 cm³/mol. The van der Waals surface area contributed by atoms with E-state index >= 15 is 0 Å². The van der Waals surface area contributed by atoms with Crippen molar-refractivity contribution in [1.82, 2.24) is 14.7 Å². The van der Waals surface area contributed by atoms with Gasteiger partial charge in [-0.1, -0.05) is 0 Å². The maximum Gasteiger partial charge on any atom is 0.401 e. The molecule has 0 fully saturated rings. The van der Waals surface area contributed by atoms with Crippen LogP contribution in [0.15, 0.2) is 12.3 Å². The van der Waals surface area contributed by atoms with Gasteiger partial charge in [0.25, 0.3) is 0 Å². The molecule has 0 aliphatic rings. The normalized spacial score (nSPS) is 12.1. The highest BCUT2D eigenvalue weighted by molar-refractivity contribution is 5.69. The average Bonchev–Trinajstić information content (AvgIpc) is 2.47. The van der Waals surface area contributed by atoms with E-state index in [-0.39, 0.29) is 6.54 Å². The zero-order valence-corrected chi connectivity index (χ0v) is 9.11. The number of aromatic nitrogens is 2. The van der Waals surface area contributed by atoms with E-state index in [0.29, 0.717) is 5.69 Å². The maximum absolute atomic E-state index is 12.2. The first-order valence-electron chi connectivity index (χ1n) is 4.76. The van der Waals surface area contributed by atoms with Gasteiger partial charge in [0, 0.05) is 19.8 Å². The summed E-state index contributed by atoms with van der Waals surface area (Å²) in [6, 6.07) is 1.55. The van der Waals surface area contributed by atoms with Crippen molar-refractivity contribution in [3.05, 3.63) is 18.0 Å². The lowest BCUT2D eigenvalue weighted by Crippen LogP contribution is -2.37. The van der Waals surface area contributed by atoms with E-state index in [0.717, 1.165) is 4.90 Å². The third-order valence-corrected chi connectivity index (χ3v) is 2.07. The Labute approximate surface area is 95.4 Å². The molecular weight excluding hydrogens is 239 g/mol. The van der Waals surface area contributed by atoms with Gasteiger partial charge in [-0.15, -0.1) is 0 Å². The van der Waals surface area contributed by atoms with Crippen molar-refractivity contribution in [3.63, 3.8) is 0 Å². The maximum atomic E-state index is 12.2. The molecule has 0 unspecified atom stereocenters. The molecule has 0 saturated carbocycles. The van der Waals surface area contributed by atoms with Crippen molar-refractivity contribution in [2.75, 3.05) is 13.1 Å². The number of hydrogen-bond donors (Lipinski definition) is 1. The fourth-order valence-corrected chi connectivity index (χ4v) is 1.40. The molecule has 0 spiro atoms. The Balaban J connectivity index is 2.70. The second-order valence-corrected chi connectivity index (χ2v) is 3.60. The summed E-state index contributed by atoms with van der Waals surface area (Å²) in [6.45, 7) is -2.03. The molecule has 1 N–H and O–H groups in total. The van der Waals surface area contributed by atoms with Crippen molar-refractivity contribution in [3.8, 4) is 0 Å². The summed E-state index contributed by atoms with van der Waals surface area (Å²) < 4.78 is 38.1. The van der Waals surface area contributed by atoms with E-state index in [9.17, 15) is 18.0 Å². The average molecular weight is 251 g/mol. The minimum atomic E-state index is -4.42. The van der Waals surface area contributed by atoms with E-state index in [1.54, 1.807) is 13.1 Å². The Morgan fingerprint density at radius 3 is 2.65 bits per heavy atom. The summed E-state index contributed by atoms with van der Waals surface area (Å²) >= 11 is 0. The van der Waals surface area contributed by atoms with Gasteiger partial charge in [0.15, 0.2) is 0 Å². The number of hydrogen-bond acceptors (Lipinski definition) is 3. The molecule has 0 saturated heterocycles. The second kappa shape index (κ2) is 5.17. The van der Waals surface area contributed by atoms with Crippen LogP contribution in [0.5, 0.6) is 0 Å². The smallest absolute Gasteiger partial charge is 0.401 e. The lowest BCUT2D eigenvalue weighted by Gasteiger charge is -2.21. The Morgan fingerprint density at radius 2 is 2.24 bits per heavy atom. The SMILES string of the molecule is Cn1nccc1CN(CC(=O)O)CC(F)(F)F. The first-order valence-corrected chi connectivity index (χ1v) is 4.76. The largest absolute Gasteiger partial charge is 0.480 e. The highest BCUT2D eigenvalue weighted by atomic mass is 19.4. The van der Waals surface area contributed by atoms with Gasteiger partial charge < -0.3 is 5.11 Å². The third kappa shape index (κ3) is 4.85. The summed E-state index contributed by atoms with van der Waals surface area (Å²) in [5.74, 6) is -1.29. The van der Waals surface area contributed by atoms with Crippen LogP contribution in [-0.4, -0.2) is 45.0 Å². The number of carbonyl (C=O) groups is 1. The first kappa shape index (κ1) is 13.5. The van der Waals surface area contributed by atoms with Crippen LogP contribution in [0, 0.1) is 0 Å². The van der Waals surface area contributed by atoms with E-state index in [1.807, 2.05) is 0 Å². The molecule has 5 nitrogen and oxygen atoms in total. The Hall–Kier alpha value is -1.57. The van der Waals surface area contributed by atoms with Crippen molar-refractivity contribution in [2.45, 2.75) is 12.7 Å². The van der Waals surface area contributed by atoms with Crippen molar-refractivity contribution in [1.29, 1.82) is 0 Å². The van der Waals surface area contributed by atoms with Gasteiger partial charge in [-0.05, 0) is 6.07 Å². The van der Waals surface area contributed by atoms with E-state index in [2.05, 4.69) is 5.10 Å². The number of aliphatic carboxylic acids is 1. The topological polar surface area (TPSA) is 58.4 Å². The van der Waals surface area contributed by atoms with Gasteiger partial charge in [0.1, 0.15) is 0 Å². The molecule has 1 heterocycles. The van der Waals surface area contributed by atoms with Crippen LogP contribution in [0.1, 0.15) is 5.69 Å². The van der Waals surface area contributed by atoms with Crippen LogP contribution in [0.2, 0.25) is 0 Å². The van der Waals surface area contributed by atoms with Crippen molar-refractivity contribution >= 4 is 5.97 Å². The Bertz CT molecular complexity index is 389. The van der Waals surface area contributed by atoms with Crippen LogP contribution in [0.3, 0.4) is 0 Å². The minimum Gasteiger partial charge on any atom is -0.480 e. The lowest BCUT2D eigenvalue weighted by atomic mass is 10.3. The predicted octanol–water partition coefficient (Wildman–Crippen LogP) is 0.869. The molecule has 0 aliphatic carbocycles. The molecule has 0 atom stereocenters. The number of carboxylic acids is 1. The van der Waals surface area contributed by atoms with Gasteiger partial charge >= 0.3 is 12.1 Å².